The van der Waals surface area contributed by atoms with E-state index in [1.807, 2.05) is 36.6 Å². The van der Waals surface area contributed by atoms with Gasteiger partial charge in [-0.05, 0) is 57.0 Å². The molecule has 1 aliphatic heterocycles. The van der Waals surface area contributed by atoms with Crippen LogP contribution < -0.4 is 9.64 Å². The number of ketones is 2. The number of nitrogens with zero attached hydrogens (tertiary/aromatic N) is 4. The zero-order valence-corrected chi connectivity index (χ0v) is 22.4. The first kappa shape index (κ1) is 25.3. The van der Waals surface area contributed by atoms with Gasteiger partial charge in [0.05, 0.1) is 34.5 Å². The van der Waals surface area contributed by atoms with Crippen LogP contribution in [0.2, 0.25) is 0 Å². The van der Waals surface area contributed by atoms with Gasteiger partial charge in [0, 0.05) is 13.1 Å². The lowest BCUT2D eigenvalue weighted by atomic mass is 9.96. The van der Waals surface area contributed by atoms with Crippen LogP contribution in [-0.2, 0) is 9.59 Å². The topological polar surface area (TPSA) is 114 Å². The number of hydrogen-bond acceptors (Lipinski definition) is 8. The zero-order chi connectivity index (χ0) is 27.3. The number of aryl methyl sites for hydroxylation is 3. The van der Waals surface area contributed by atoms with Crippen LogP contribution in [0.5, 0.6) is 5.75 Å². The molecule has 1 aliphatic rings. The fourth-order valence-corrected chi connectivity index (χ4v) is 5.73. The fourth-order valence-electron chi connectivity index (χ4n) is 4.74. The number of fused-ring (bicyclic) bond motifs is 1. The lowest BCUT2D eigenvalue weighted by Gasteiger charge is -2.23. The first-order valence-electron chi connectivity index (χ1n) is 12.1. The Labute approximate surface area is 223 Å². The Morgan fingerprint density at radius 3 is 2.42 bits per heavy atom. The van der Waals surface area contributed by atoms with Crippen molar-refractivity contribution < 1.29 is 24.2 Å². The highest BCUT2D eigenvalue weighted by Gasteiger charge is 2.48. The van der Waals surface area contributed by atoms with Gasteiger partial charge < -0.3 is 14.2 Å². The van der Waals surface area contributed by atoms with Crippen molar-refractivity contribution in [1.29, 1.82) is 0 Å². The van der Waals surface area contributed by atoms with Crippen LogP contribution in [0.4, 0.5) is 5.13 Å². The molecule has 1 atom stereocenters. The fraction of sp³-hybridized carbons (Fsp3) is 0.250. The summed E-state index contributed by atoms with van der Waals surface area (Å²) in [6.45, 7) is 9.16. The number of rotatable bonds is 6. The number of imidazole rings is 1. The maximum Gasteiger partial charge on any atom is 0.301 e. The Morgan fingerprint density at radius 1 is 1.11 bits per heavy atom. The van der Waals surface area contributed by atoms with E-state index in [0.717, 1.165) is 16.9 Å². The van der Waals surface area contributed by atoms with Crippen LogP contribution in [0.3, 0.4) is 0 Å². The van der Waals surface area contributed by atoms with Gasteiger partial charge in [0.2, 0.25) is 0 Å². The molecule has 0 spiro atoms. The molecular weight excluding hydrogens is 504 g/mol. The molecule has 4 aromatic rings. The van der Waals surface area contributed by atoms with E-state index in [1.165, 1.54) is 11.8 Å². The SMILES string of the molecule is CCOc1ccc(C2/C(=C(\O)c3nc4c(C)cccn4c3C)C(=O)C(=O)N2c2nc(C)c(C(C)=O)s2)cc1. The smallest absolute Gasteiger partial charge is 0.301 e. The van der Waals surface area contributed by atoms with E-state index in [9.17, 15) is 19.5 Å². The lowest BCUT2D eigenvalue weighted by Crippen LogP contribution is -2.29. The standard InChI is InChI=1S/C28H26N4O5S/c1-6-37-19-11-9-18(10-12-19)22-20(23(34)21-16(4)31-13-7-8-14(2)26(31)30-21)24(35)27(36)32(22)28-29-15(3)25(38-28)17(5)33/h7-13,22,34H,6H2,1-5H3/b23-20+. The largest absolute Gasteiger partial charge is 0.505 e. The number of ether oxygens (including phenoxy) is 1. The van der Waals surface area contributed by atoms with Crippen molar-refractivity contribution in [3.8, 4) is 5.75 Å². The predicted octanol–water partition coefficient (Wildman–Crippen LogP) is 4.94. The number of aliphatic hydroxyl groups excluding tert-OH is 1. The second-order valence-electron chi connectivity index (χ2n) is 9.07. The molecular formula is C28H26N4O5S. The summed E-state index contributed by atoms with van der Waals surface area (Å²) in [5.74, 6) is -1.62. The van der Waals surface area contributed by atoms with E-state index >= 15 is 0 Å². The molecule has 1 aromatic carbocycles. The first-order valence-corrected chi connectivity index (χ1v) is 12.9. The van der Waals surface area contributed by atoms with Gasteiger partial charge in [-0.15, -0.1) is 0 Å². The summed E-state index contributed by atoms with van der Waals surface area (Å²) >= 11 is 1.04. The van der Waals surface area contributed by atoms with Crippen LogP contribution in [0.15, 0.2) is 48.2 Å². The van der Waals surface area contributed by atoms with Crippen LogP contribution in [0.25, 0.3) is 11.4 Å². The number of Topliss-reactive ketones (excluding diaryl/α,β-unsaturated/α-hetero) is 2. The summed E-state index contributed by atoms with van der Waals surface area (Å²) < 4.78 is 7.39. The molecule has 1 unspecified atom stereocenters. The van der Waals surface area contributed by atoms with E-state index in [1.54, 1.807) is 38.1 Å². The zero-order valence-electron chi connectivity index (χ0n) is 21.6. The van der Waals surface area contributed by atoms with Gasteiger partial charge in [-0.3, -0.25) is 19.3 Å². The van der Waals surface area contributed by atoms with Crippen molar-refractivity contribution in [3.63, 3.8) is 0 Å². The molecule has 5 rings (SSSR count). The molecule has 0 bridgehead atoms. The minimum Gasteiger partial charge on any atom is -0.505 e. The number of carbonyl (C=O) groups is 3. The third kappa shape index (κ3) is 3.97. The Morgan fingerprint density at radius 2 is 1.82 bits per heavy atom. The molecule has 0 saturated carbocycles. The monoisotopic (exact) mass is 530 g/mol. The minimum atomic E-state index is -0.985. The quantitative estimate of drug-likeness (QED) is 0.162. The van der Waals surface area contributed by atoms with Gasteiger partial charge >= 0.3 is 5.91 Å². The summed E-state index contributed by atoms with van der Waals surface area (Å²) in [5, 5.41) is 11.8. The molecule has 0 aliphatic carbocycles. The van der Waals surface area contributed by atoms with Crippen LogP contribution in [0.1, 0.15) is 57.8 Å². The van der Waals surface area contributed by atoms with Gasteiger partial charge in [0.15, 0.2) is 16.7 Å². The number of anilines is 1. The highest BCUT2D eigenvalue weighted by molar-refractivity contribution is 7.18. The van der Waals surface area contributed by atoms with Crippen LogP contribution in [-0.4, -0.2) is 43.6 Å². The normalized spacial score (nSPS) is 17.0. The molecule has 3 aromatic heterocycles. The third-order valence-electron chi connectivity index (χ3n) is 6.57. The van der Waals surface area contributed by atoms with E-state index in [0.29, 0.717) is 39.8 Å². The molecule has 9 nitrogen and oxygen atoms in total. The summed E-state index contributed by atoms with van der Waals surface area (Å²) in [4.78, 5) is 49.8. The minimum absolute atomic E-state index is 0.0967. The average molecular weight is 531 g/mol. The van der Waals surface area contributed by atoms with Crippen molar-refractivity contribution in [2.45, 2.75) is 40.7 Å². The first-order chi connectivity index (χ1) is 18.1. The predicted molar refractivity (Wildman–Crippen MR) is 144 cm³/mol. The van der Waals surface area contributed by atoms with E-state index in [2.05, 4.69) is 9.97 Å². The molecule has 1 amide bonds. The Balaban J connectivity index is 1.74. The van der Waals surface area contributed by atoms with Crippen LogP contribution in [0, 0.1) is 20.8 Å². The van der Waals surface area contributed by atoms with E-state index in [4.69, 9.17) is 4.74 Å². The summed E-state index contributed by atoms with van der Waals surface area (Å²) in [7, 11) is 0. The maximum absolute atomic E-state index is 13.5. The maximum atomic E-state index is 13.5. The van der Waals surface area contributed by atoms with Crippen molar-refractivity contribution in [1.82, 2.24) is 14.4 Å². The second kappa shape index (κ2) is 9.53. The summed E-state index contributed by atoms with van der Waals surface area (Å²) in [6.07, 6.45) is 1.83. The Kier molecular flexibility index (Phi) is 6.36. The molecule has 0 radical (unpaired) electrons. The van der Waals surface area contributed by atoms with Gasteiger partial charge in [-0.1, -0.05) is 29.5 Å². The Bertz CT molecular complexity index is 1650. The molecule has 10 heteroatoms. The molecule has 1 N–H and O–H groups in total. The third-order valence-corrected chi connectivity index (χ3v) is 7.83. The van der Waals surface area contributed by atoms with Crippen LogP contribution >= 0.6 is 11.3 Å². The summed E-state index contributed by atoms with van der Waals surface area (Å²) in [5.41, 5.74) is 3.32. The molecule has 4 heterocycles. The van der Waals surface area contributed by atoms with Crippen molar-refractivity contribution >= 4 is 45.3 Å². The van der Waals surface area contributed by atoms with Crippen molar-refractivity contribution in [3.05, 3.63) is 81.3 Å². The van der Waals surface area contributed by atoms with Gasteiger partial charge in [-0.25, -0.2) is 9.97 Å². The lowest BCUT2D eigenvalue weighted by molar-refractivity contribution is -0.132. The van der Waals surface area contributed by atoms with Crippen molar-refractivity contribution in [2.24, 2.45) is 0 Å². The molecule has 38 heavy (non-hydrogen) atoms. The van der Waals surface area contributed by atoms with E-state index in [-0.39, 0.29) is 27.9 Å². The number of benzene rings is 1. The highest BCUT2D eigenvalue weighted by Crippen LogP contribution is 2.44. The second-order valence-corrected chi connectivity index (χ2v) is 10.0. The molecule has 1 saturated heterocycles. The number of thiazole rings is 1. The highest BCUT2D eigenvalue weighted by atomic mass is 32.1. The van der Waals surface area contributed by atoms with Crippen molar-refractivity contribution in [2.75, 3.05) is 11.5 Å². The number of amides is 1. The number of hydrogen-bond donors (Lipinski definition) is 1. The summed E-state index contributed by atoms with van der Waals surface area (Å²) in [6, 6.07) is 9.77. The number of aromatic nitrogens is 3. The number of pyridine rings is 1. The van der Waals surface area contributed by atoms with Gasteiger partial charge in [0.1, 0.15) is 17.1 Å². The number of aliphatic hydroxyl groups is 1. The van der Waals surface area contributed by atoms with Gasteiger partial charge in [-0.2, -0.15) is 0 Å². The van der Waals surface area contributed by atoms with E-state index < -0.39 is 17.7 Å². The van der Waals surface area contributed by atoms with Gasteiger partial charge in [0.25, 0.3) is 5.78 Å². The molecule has 1 fully saturated rings. The average Bonchev–Trinajstić information content (AvgIpc) is 3.52. The Hall–Kier alpha value is -4.31. The number of carbonyl (C=O) groups excluding carboxylic acids is 3. The molecule has 194 valence electrons.